The molecular weight excluding hydrogens is 652 g/mol. The maximum absolute atomic E-state index is 13.5. The highest BCUT2D eigenvalue weighted by Crippen LogP contribution is 2.39. The Labute approximate surface area is 287 Å². The zero-order chi connectivity index (χ0) is 36.1. The van der Waals surface area contributed by atoms with Gasteiger partial charge in [0.1, 0.15) is 23.5 Å². The van der Waals surface area contributed by atoms with Crippen molar-refractivity contribution in [2.24, 2.45) is 0 Å². The summed E-state index contributed by atoms with van der Waals surface area (Å²) in [6, 6.07) is 10.3. The molecule has 0 saturated carbocycles. The van der Waals surface area contributed by atoms with Crippen LogP contribution in [0.25, 0.3) is 0 Å². The predicted octanol–water partition coefficient (Wildman–Crippen LogP) is 6.25. The number of amides is 1. The van der Waals surface area contributed by atoms with Crippen LogP contribution in [0.5, 0.6) is 17.4 Å². The average molecular weight is 699 g/mol. The fraction of sp³-hybridized carbons (Fsp3) is 0.471. The number of carbonyl (C=O) groups is 2. The van der Waals surface area contributed by atoms with Crippen LogP contribution in [-0.2, 0) is 25.0 Å². The molecule has 3 aromatic rings. The Bertz CT molecular complexity index is 1780. The van der Waals surface area contributed by atoms with Gasteiger partial charge in [-0.05, 0) is 81.3 Å². The zero-order valence-corrected chi connectivity index (χ0v) is 30.3. The topological polar surface area (TPSA) is 170 Å². The number of methoxy groups -OCH3 is 1. The molecule has 2 aromatic carbocycles. The van der Waals surface area contributed by atoms with Crippen molar-refractivity contribution in [1.29, 1.82) is 0 Å². The summed E-state index contributed by atoms with van der Waals surface area (Å²) in [5, 5.41) is 7.86. The van der Waals surface area contributed by atoms with Crippen LogP contribution >= 0.6 is 0 Å². The molecule has 3 N–H and O–H groups in total. The quantitative estimate of drug-likeness (QED) is 0.204. The van der Waals surface area contributed by atoms with Crippen molar-refractivity contribution < 1.29 is 37.1 Å². The number of nitrogens with one attached hydrogen (secondary N) is 3. The summed E-state index contributed by atoms with van der Waals surface area (Å²) in [7, 11) is -2.22. The van der Waals surface area contributed by atoms with Crippen LogP contribution in [0.15, 0.2) is 42.7 Å². The van der Waals surface area contributed by atoms with Gasteiger partial charge in [-0.1, -0.05) is 26.8 Å². The third kappa shape index (κ3) is 10.9. The van der Waals surface area contributed by atoms with E-state index in [0.717, 1.165) is 17.4 Å². The van der Waals surface area contributed by atoms with Gasteiger partial charge in [-0.3, -0.25) is 9.52 Å². The summed E-state index contributed by atoms with van der Waals surface area (Å²) in [5.74, 6) is 0.983. The SMILES string of the molecule is COc1c(NC(=O)c2ccc(C)c(Oc3cc(NC4CCN(OC(=O)OC(C)(C)C)CC4)ncn3)c2)cc(C(C)(C)C)cc1NS(C)(=O)=O. The Morgan fingerprint density at radius 2 is 1.63 bits per heavy atom. The first-order chi connectivity index (χ1) is 22.8. The van der Waals surface area contributed by atoms with Gasteiger partial charge >= 0.3 is 6.16 Å². The number of ether oxygens (including phenoxy) is 3. The first-order valence-corrected chi connectivity index (χ1v) is 17.7. The van der Waals surface area contributed by atoms with Crippen LogP contribution in [0.1, 0.15) is 75.9 Å². The van der Waals surface area contributed by atoms with Crippen molar-refractivity contribution in [3.8, 4) is 17.4 Å². The third-order valence-electron chi connectivity index (χ3n) is 7.41. The molecule has 14 nitrogen and oxygen atoms in total. The smallest absolute Gasteiger partial charge is 0.492 e. The number of hydrogen-bond donors (Lipinski definition) is 3. The molecule has 1 saturated heterocycles. The molecule has 49 heavy (non-hydrogen) atoms. The van der Waals surface area contributed by atoms with Gasteiger partial charge < -0.3 is 29.7 Å². The Hall–Kier alpha value is -4.63. The van der Waals surface area contributed by atoms with E-state index in [1.165, 1.54) is 13.4 Å². The first kappa shape index (κ1) is 37.2. The van der Waals surface area contributed by atoms with Gasteiger partial charge in [0.05, 0.1) is 24.7 Å². The van der Waals surface area contributed by atoms with Crippen LogP contribution in [0.3, 0.4) is 0 Å². The summed E-state index contributed by atoms with van der Waals surface area (Å²) >= 11 is 0. The molecule has 1 amide bonds. The summed E-state index contributed by atoms with van der Waals surface area (Å²) in [4.78, 5) is 39.4. The number of piperidine rings is 1. The molecule has 1 aliphatic rings. The molecule has 0 bridgehead atoms. The molecule has 0 spiro atoms. The predicted molar refractivity (Wildman–Crippen MR) is 187 cm³/mol. The van der Waals surface area contributed by atoms with Gasteiger partial charge in [-0.25, -0.2) is 23.2 Å². The number of aromatic nitrogens is 2. The minimum atomic E-state index is -3.63. The number of hydrogen-bond acceptors (Lipinski definition) is 12. The van der Waals surface area contributed by atoms with E-state index in [0.29, 0.717) is 48.7 Å². The molecule has 0 unspecified atom stereocenters. The molecule has 1 aromatic heterocycles. The molecule has 0 radical (unpaired) electrons. The Balaban J connectivity index is 1.45. The van der Waals surface area contributed by atoms with Gasteiger partial charge in [0, 0.05) is 30.8 Å². The van der Waals surface area contributed by atoms with Crippen molar-refractivity contribution in [2.75, 3.05) is 41.8 Å². The lowest BCUT2D eigenvalue weighted by molar-refractivity contribution is -0.151. The second kappa shape index (κ2) is 14.9. The van der Waals surface area contributed by atoms with E-state index in [2.05, 4.69) is 25.3 Å². The Kier molecular flexibility index (Phi) is 11.3. The molecule has 0 atom stereocenters. The van der Waals surface area contributed by atoms with E-state index >= 15 is 0 Å². The minimum absolute atomic E-state index is 0.0805. The highest BCUT2D eigenvalue weighted by Gasteiger charge is 2.26. The monoisotopic (exact) mass is 698 g/mol. The number of nitrogens with zero attached hydrogens (tertiary/aromatic N) is 3. The molecule has 15 heteroatoms. The molecular formula is C34H46N6O8S. The summed E-state index contributed by atoms with van der Waals surface area (Å²) in [6.45, 7) is 14.2. The lowest BCUT2D eigenvalue weighted by Crippen LogP contribution is -2.41. The average Bonchev–Trinajstić information content (AvgIpc) is 2.97. The van der Waals surface area contributed by atoms with Crippen LogP contribution in [0.4, 0.5) is 22.0 Å². The number of sulfonamides is 1. The van der Waals surface area contributed by atoms with Crippen LogP contribution in [-0.4, -0.2) is 73.6 Å². The van der Waals surface area contributed by atoms with Gasteiger partial charge in [0.2, 0.25) is 15.9 Å². The maximum Gasteiger partial charge on any atom is 0.528 e. The summed E-state index contributed by atoms with van der Waals surface area (Å²) in [5.41, 5.74) is 1.40. The molecule has 2 heterocycles. The fourth-order valence-corrected chi connectivity index (χ4v) is 5.51. The van der Waals surface area contributed by atoms with Crippen molar-refractivity contribution in [3.05, 3.63) is 59.4 Å². The largest absolute Gasteiger partial charge is 0.528 e. The molecule has 4 rings (SSSR count). The summed E-state index contributed by atoms with van der Waals surface area (Å²) < 4.78 is 43.6. The van der Waals surface area contributed by atoms with Gasteiger partial charge in [0.25, 0.3) is 5.91 Å². The van der Waals surface area contributed by atoms with E-state index in [4.69, 9.17) is 19.0 Å². The van der Waals surface area contributed by atoms with E-state index in [1.807, 2.05) is 27.7 Å². The third-order valence-corrected chi connectivity index (χ3v) is 8.00. The van der Waals surface area contributed by atoms with Crippen LogP contribution in [0.2, 0.25) is 0 Å². The van der Waals surface area contributed by atoms with Crippen molar-refractivity contribution in [1.82, 2.24) is 15.0 Å². The highest BCUT2D eigenvalue weighted by molar-refractivity contribution is 7.92. The normalized spacial score (nSPS) is 14.5. The lowest BCUT2D eigenvalue weighted by Gasteiger charge is -2.31. The second-order valence-electron chi connectivity index (χ2n) is 13.9. The number of benzene rings is 2. The number of anilines is 3. The molecule has 266 valence electrons. The molecule has 1 fully saturated rings. The van der Waals surface area contributed by atoms with E-state index < -0.39 is 27.7 Å². The van der Waals surface area contributed by atoms with Gasteiger partial charge in [0.15, 0.2) is 5.75 Å². The second-order valence-corrected chi connectivity index (χ2v) is 15.7. The number of hydroxylamine groups is 2. The maximum atomic E-state index is 13.5. The van der Waals surface area contributed by atoms with Crippen LogP contribution in [0, 0.1) is 6.92 Å². The Morgan fingerprint density at radius 1 is 0.959 bits per heavy atom. The number of aryl methyl sites for hydroxylation is 1. The summed E-state index contributed by atoms with van der Waals surface area (Å²) in [6.07, 6.45) is 3.12. The zero-order valence-electron chi connectivity index (χ0n) is 29.5. The van der Waals surface area contributed by atoms with Crippen molar-refractivity contribution in [2.45, 2.75) is 78.4 Å². The van der Waals surface area contributed by atoms with Gasteiger partial charge in [-0.2, -0.15) is 0 Å². The first-order valence-electron chi connectivity index (χ1n) is 15.8. The highest BCUT2D eigenvalue weighted by atomic mass is 32.2. The van der Waals surface area contributed by atoms with E-state index in [9.17, 15) is 18.0 Å². The standard InChI is InChI=1S/C34H46N6O8S/c1-21-10-11-22(31(41)38-25-17-23(33(2,3)4)18-26(30(25)45-8)39-49(9,43)44)16-27(21)46-29-19-28(35-20-36-29)37-24-12-14-40(15-13-24)48-32(42)47-34(5,6)7/h10-11,16-20,24,39H,12-15H2,1-9H3,(H,38,41)(H,35,36,37). The minimum Gasteiger partial charge on any atom is -0.492 e. The van der Waals surface area contributed by atoms with Crippen molar-refractivity contribution in [3.63, 3.8) is 0 Å². The number of carbonyl (C=O) groups excluding carboxylic acids is 2. The Morgan fingerprint density at radius 3 is 2.24 bits per heavy atom. The van der Waals surface area contributed by atoms with Crippen molar-refractivity contribution >= 4 is 39.3 Å². The molecule has 0 aliphatic carbocycles. The van der Waals surface area contributed by atoms with Crippen LogP contribution < -0.4 is 24.8 Å². The molecule has 1 aliphatic heterocycles. The lowest BCUT2D eigenvalue weighted by atomic mass is 9.86. The number of rotatable bonds is 10. The van der Waals surface area contributed by atoms with E-state index in [-0.39, 0.29) is 28.8 Å². The fourth-order valence-electron chi connectivity index (χ4n) is 4.96. The van der Waals surface area contributed by atoms with Gasteiger partial charge in [-0.15, -0.1) is 5.06 Å². The van der Waals surface area contributed by atoms with E-state index in [1.54, 1.807) is 62.2 Å².